The Bertz CT molecular complexity index is 1390. The fourth-order valence-electron chi connectivity index (χ4n) is 5.76. The van der Waals surface area contributed by atoms with Crippen molar-refractivity contribution in [2.75, 3.05) is 19.0 Å². The van der Waals surface area contributed by atoms with Crippen LogP contribution in [0.3, 0.4) is 0 Å². The lowest BCUT2D eigenvalue weighted by molar-refractivity contribution is 0.664. The fraction of sp³-hybridized carbons (Fsp3) is 0.385. The van der Waals surface area contributed by atoms with Crippen LogP contribution in [0.1, 0.15) is 59.7 Å². The van der Waals surface area contributed by atoms with E-state index in [0.717, 1.165) is 0 Å². The number of anilines is 1. The molecule has 30 heavy (non-hydrogen) atoms. The SMILES string of the molecule is Cc1cc2c(s1)-c1sc3c4c(c(N(C)C)cc3c1C2(C)C)-c1sc(C)cc1C4(C)C. The Labute approximate surface area is 191 Å². The first kappa shape index (κ1) is 19.1. The Balaban J connectivity index is 1.79. The maximum atomic E-state index is 2.49. The first-order valence-electron chi connectivity index (χ1n) is 10.6. The second-order valence-corrected chi connectivity index (χ2v) is 13.7. The average molecular weight is 450 g/mol. The zero-order valence-electron chi connectivity index (χ0n) is 18.9. The van der Waals surface area contributed by atoms with Gasteiger partial charge in [-0.3, -0.25) is 0 Å². The highest BCUT2D eigenvalue weighted by atomic mass is 32.1. The molecule has 0 spiro atoms. The zero-order chi connectivity index (χ0) is 21.3. The molecule has 0 radical (unpaired) electrons. The number of thiophene rings is 3. The average Bonchev–Trinajstić information content (AvgIpc) is 3.38. The van der Waals surface area contributed by atoms with Gasteiger partial charge in [0.25, 0.3) is 0 Å². The summed E-state index contributed by atoms with van der Waals surface area (Å²) in [6, 6.07) is 7.34. The summed E-state index contributed by atoms with van der Waals surface area (Å²) in [5.41, 5.74) is 9.09. The zero-order valence-corrected chi connectivity index (χ0v) is 21.4. The summed E-state index contributed by atoms with van der Waals surface area (Å²) in [4.78, 5) is 9.67. The monoisotopic (exact) mass is 449 g/mol. The Morgan fingerprint density at radius 3 is 1.90 bits per heavy atom. The molecule has 0 atom stereocenters. The quantitative estimate of drug-likeness (QED) is 0.282. The lowest BCUT2D eigenvalue weighted by Gasteiger charge is -2.26. The van der Waals surface area contributed by atoms with Crippen LogP contribution < -0.4 is 4.90 Å². The number of hydrogen-bond donors (Lipinski definition) is 0. The van der Waals surface area contributed by atoms with E-state index in [1.54, 1.807) is 11.1 Å². The number of fused-ring (bicyclic) bond motifs is 9. The molecule has 4 aromatic rings. The van der Waals surface area contributed by atoms with Crippen molar-refractivity contribution in [1.82, 2.24) is 0 Å². The summed E-state index contributed by atoms with van der Waals surface area (Å²) in [5, 5.41) is 1.48. The molecule has 0 unspecified atom stereocenters. The maximum Gasteiger partial charge on any atom is 0.0499 e. The lowest BCUT2D eigenvalue weighted by atomic mass is 9.79. The summed E-state index contributed by atoms with van der Waals surface area (Å²) in [6.45, 7) is 14.2. The Kier molecular flexibility index (Phi) is 3.56. The molecule has 4 heteroatoms. The molecule has 6 rings (SSSR count). The van der Waals surface area contributed by atoms with E-state index in [4.69, 9.17) is 0 Å². The van der Waals surface area contributed by atoms with Gasteiger partial charge < -0.3 is 4.90 Å². The van der Waals surface area contributed by atoms with E-state index in [2.05, 4.69) is 78.7 Å². The number of aryl methyl sites for hydroxylation is 2. The molecule has 2 aliphatic rings. The van der Waals surface area contributed by atoms with Crippen LogP contribution in [-0.4, -0.2) is 14.1 Å². The number of nitrogens with zero attached hydrogens (tertiary/aromatic N) is 1. The molecular formula is C26H27NS3. The topological polar surface area (TPSA) is 3.24 Å². The molecule has 2 aliphatic carbocycles. The van der Waals surface area contributed by atoms with Crippen LogP contribution in [0, 0.1) is 13.8 Å². The normalized spacial score (nSPS) is 17.2. The predicted molar refractivity (Wildman–Crippen MR) is 137 cm³/mol. The highest BCUT2D eigenvalue weighted by Crippen LogP contribution is 2.63. The van der Waals surface area contributed by atoms with Gasteiger partial charge in [-0.2, -0.15) is 0 Å². The molecule has 154 valence electrons. The molecule has 0 N–H and O–H groups in total. The highest BCUT2D eigenvalue weighted by Gasteiger charge is 2.45. The molecule has 0 amide bonds. The van der Waals surface area contributed by atoms with Crippen molar-refractivity contribution in [3.8, 4) is 20.2 Å². The van der Waals surface area contributed by atoms with E-state index in [1.165, 1.54) is 56.8 Å². The summed E-state index contributed by atoms with van der Waals surface area (Å²) in [6.07, 6.45) is 0. The number of benzene rings is 1. The summed E-state index contributed by atoms with van der Waals surface area (Å²) < 4.78 is 1.51. The summed E-state index contributed by atoms with van der Waals surface area (Å²) in [7, 11) is 4.40. The predicted octanol–water partition coefficient (Wildman–Crippen LogP) is 8.32. The molecule has 0 saturated heterocycles. The van der Waals surface area contributed by atoms with Gasteiger partial charge in [-0.1, -0.05) is 27.7 Å². The first-order valence-corrected chi connectivity index (χ1v) is 13.0. The minimum atomic E-state index is 0.0383. The molecule has 0 bridgehead atoms. The second kappa shape index (κ2) is 5.59. The van der Waals surface area contributed by atoms with Crippen molar-refractivity contribution in [3.05, 3.63) is 50.2 Å². The molecule has 1 aromatic carbocycles. The molecule has 3 aromatic heterocycles. The van der Waals surface area contributed by atoms with Gasteiger partial charge in [0.05, 0.1) is 0 Å². The van der Waals surface area contributed by atoms with Crippen LogP contribution >= 0.6 is 34.0 Å². The summed E-state index contributed by atoms with van der Waals surface area (Å²) >= 11 is 5.99. The van der Waals surface area contributed by atoms with E-state index in [-0.39, 0.29) is 10.8 Å². The first-order chi connectivity index (χ1) is 14.0. The summed E-state index contributed by atoms with van der Waals surface area (Å²) in [5.74, 6) is 0. The van der Waals surface area contributed by atoms with Crippen LogP contribution in [-0.2, 0) is 10.8 Å². The van der Waals surface area contributed by atoms with E-state index in [9.17, 15) is 0 Å². The van der Waals surface area contributed by atoms with Crippen LogP contribution in [0.25, 0.3) is 30.3 Å². The van der Waals surface area contributed by atoms with E-state index < -0.39 is 0 Å². The third-order valence-electron chi connectivity index (χ3n) is 7.18. The Morgan fingerprint density at radius 2 is 1.27 bits per heavy atom. The van der Waals surface area contributed by atoms with Crippen molar-refractivity contribution < 1.29 is 0 Å². The smallest absolute Gasteiger partial charge is 0.0499 e. The van der Waals surface area contributed by atoms with E-state index in [1.807, 2.05) is 34.0 Å². The molecule has 0 fully saturated rings. The molecule has 0 saturated carbocycles. The Hall–Kier alpha value is -1.62. The third kappa shape index (κ3) is 2.08. The largest absolute Gasteiger partial charge is 0.377 e. The third-order valence-corrected chi connectivity index (χ3v) is 10.7. The van der Waals surface area contributed by atoms with Gasteiger partial charge in [0.15, 0.2) is 0 Å². The van der Waals surface area contributed by atoms with E-state index >= 15 is 0 Å². The van der Waals surface area contributed by atoms with Gasteiger partial charge in [0, 0.05) is 65.3 Å². The minimum absolute atomic E-state index is 0.0383. The van der Waals surface area contributed by atoms with Crippen molar-refractivity contribution in [2.24, 2.45) is 0 Å². The van der Waals surface area contributed by atoms with Gasteiger partial charge in [0.1, 0.15) is 0 Å². The Morgan fingerprint density at radius 1 is 0.700 bits per heavy atom. The lowest BCUT2D eigenvalue weighted by Crippen LogP contribution is -2.17. The molecular weight excluding hydrogens is 422 g/mol. The van der Waals surface area contributed by atoms with Crippen molar-refractivity contribution in [1.29, 1.82) is 0 Å². The van der Waals surface area contributed by atoms with Crippen LogP contribution in [0.15, 0.2) is 18.2 Å². The van der Waals surface area contributed by atoms with Crippen molar-refractivity contribution >= 4 is 49.8 Å². The minimum Gasteiger partial charge on any atom is -0.377 e. The van der Waals surface area contributed by atoms with Gasteiger partial charge in [-0.25, -0.2) is 0 Å². The van der Waals surface area contributed by atoms with Gasteiger partial charge in [0.2, 0.25) is 0 Å². The number of rotatable bonds is 1. The van der Waals surface area contributed by atoms with Gasteiger partial charge in [-0.05, 0) is 59.7 Å². The molecule has 0 aliphatic heterocycles. The van der Waals surface area contributed by atoms with Crippen LogP contribution in [0.4, 0.5) is 5.69 Å². The van der Waals surface area contributed by atoms with Crippen molar-refractivity contribution in [3.63, 3.8) is 0 Å². The fourth-order valence-corrected chi connectivity index (χ4v) is 9.96. The van der Waals surface area contributed by atoms with Gasteiger partial charge in [-0.15, -0.1) is 34.0 Å². The van der Waals surface area contributed by atoms with Crippen LogP contribution in [0.5, 0.6) is 0 Å². The number of hydrogen-bond acceptors (Lipinski definition) is 4. The molecule has 1 nitrogen and oxygen atoms in total. The standard InChI is InChI=1S/C26H27NS3/c1-12-9-15-22(28-12)18-17(27(7)8)11-14-19-24(30-21(14)20(18)26(15,5)6)23-16(25(19,3)4)10-13(2)29-23/h9-11H,1-8H3. The second-order valence-electron chi connectivity index (χ2n) is 10.2. The van der Waals surface area contributed by atoms with Crippen LogP contribution in [0.2, 0.25) is 0 Å². The van der Waals surface area contributed by atoms with Crippen molar-refractivity contribution in [2.45, 2.75) is 52.4 Å². The van der Waals surface area contributed by atoms with E-state index in [0.29, 0.717) is 0 Å². The maximum absolute atomic E-state index is 2.49. The van der Waals surface area contributed by atoms with Gasteiger partial charge >= 0.3 is 0 Å². The highest BCUT2D eigenvalue weighted by molar-refractivity contribution is 7.27. The molecule has 3 heterocycles.